The number of nitrogens with one attached hydrogen (secondary N) is 1. The van der Waals surface area contributed by atoms with Crippen molar-refractivity contribution in [3.05, 3.63) is 70.8 Å². The van der Waals surface area contributed by atoms with E-state index in [0.29, 0.717) is 12.1 Å². The van der Waals surface area contributed by atoms with E-state index in [9.17, 15) is 18.0 Å². The largest absolute Gasteiger partial charge is 0.416 e. The Bertz CT molecular complexity index is 741. The third-order valence-electron chi connectivity index (χ3n) is 4.01. The van der Waals surface area contributed by atoms with Gasteiger partial charge >= 0.3 is 12.2 Å². The molecule has 0 unspecified atom stereocenters. The fourth-order valence-electron chi connectivity index (χ4n) is 2.59. The first kappa shape index (κ1) is 20.8. The van der Waals surface area contributed by atoms with E-state index < -0.39 is 11.7 Å². The number of rotatable bonds is 6. The van der Waals surface area contributed by atoms with Crippen molar-refractivity contribution in [1.82, 2.24) is 15.1 Å². The molecule has 0 bridgehead atoms. The monoisotopic (exact) mass is 379 g/mol. The molecule has 4 nitrogen and oxygen atoms in total. The zero-order chi connectivity index (χ0) is 20.0. The molecule has 1 N–H and O–H groups in total. The van der Waals surface area contributed by atoms with Gasteiger partial charge in [0.25, 0.3) is 0 Å². The SMILES string of the molecule is CN(C)Cc1ccc(CNC(=O)N(C)Cc2ccc(C(F)(F)F)cc2)cc1. The summed E-state index contributed by atoms with van der Waals surface area (Å²) in [5.74, 6) is 0. The Morgan fingerprint density at radius 1 is 0.852 bits per heavy atom. The smallest absolute Gasteiger partial charge is 0.334 e. The first-order chi connectivity index (χ1) is 12.6. The van der Waals surface area contributed by atoms with Crippen LogP contribution in [0.2, 0.25) is 0 Å². The molecule has 2 aromatic carbocycles. The van der Waals surface area contributed by atoms with Gasteiger partial charge in [0.15, 0.2) is 0 Å². The summed E-state index contributed by atoms with van der Waals surface area (Å²) < 4.78 is 37.7. The van der Waals surface area contributed by atoms with Crippen LogP contribution < -0.4 is 5.32 Å². The highest BCUT2D eigenvalue weighted by atomic mass is 19.4. The molecular weight excluding hydrogens is 355 g/mol. The molecule has 0 atom stereocenters. The van der Waals surface area contributed by atoms with Crippen molar-refractivity contribution in [3.63, 3.8) is 0 Å². The molecule has 0 aliphatic carbocycles. The average molecular weight is 379 g/mol. The normalized spacial score (nSPS) is 11.5. The lowest BCUT2D eigenvalue weighted by Crippen LogP contribution is -2.36. The number of benzene rings is 2. The number of alkyl halides is 3. The summed E-state index contributed by atoms with van der Waals surface area (Å²) in [6.45, 7) is 1.46. The predicted molar refractivity (Wildman–Crippen MR) is 99.0 cm³/mol. The van der Waals surface area contributed by atoms with E-state index >= 15 is 0 Å². The van der Waals surface area contributed by atoms with Crippen LogP contribution in [0.15, 0.2) is 48.5 Å². The molecule has 0 saturated carbocycles. The highest BCUT2D eigenvalue weighted by Gasteiger charge is 2.29. The van der Waals surface area contributed by atoms with E-state index in [1.54, 1.807) is 7.05 Å². The van der Waals surface area contributed by atoms with Gasteiger partial charge in [-0.1, -0.05) is 36.4 Å². The minimum absolute atomic E-state index is 0.228. The van der Waals surface area contributed by atoms with Crippen LogP contribution in [0.3, 0.4) is 0 Å². The van der Waals surface area contributed by atoms with Crippen LogP contribution in [0.4, 0.5) is 18.0 Å². The van der Waals surface area contributed by atoms with Gasteiger partial charge in [-0.05, 0) is 42.9 Å². The fraction of sp³-hybridized carbons (Fsp3) is 0.350. The molecule has 0 fully saturated rings. The zero-order valence-electron chi connectivity index (χ0n) is 15.7. The minimum Gasteiger partial charge on any atom is -0.334 e. The molecule has 2 amide bonds. The van der Waals surface area contributed by atoms with Crippen LogP contribution in [-0.2, 0) is 25.8 Å². The van der Waals surface area contributed by atoms with Crippen molar-refractivity contribution in [1.29, 1.82) is 0 Å². The van der Waals surface area contributed by atoms with Gasteiger partial charge < -0.3 is 15.1 Å². The van der Waals surface area contributed by atoms with Crippen LogP contribution in [0, 0.1) is 0 Å². The van der Waals surface area contributed by atoms with Crippen LogP contribution >= 0.6 is 0 Å². The van der Waals surface area contributed by atoms with Crippen molar-refractivity contribution in [3.8, 4) is 0 Å². The van der Waals surface area contributed by atoms with Crippen molar-refractivity contribution in [2.75, 3.05) is 21.1 Å². The number of halogens is 3. The second kappa shape index (κ2) is 8.90. The number of urea groups is 1. The van der Waals surface area contributed by atoms with E-state index in [1.165, 1.54) is 22.6 Å². The summed E-state index contributed by atoms with van der Waals surface area (Å²) in [6, 6.07) is 12.5. The number of hydrogen-bond acceptors (Lipinski definition) is 2. The zero-order valence-corrected chi connectivity index (χ0v) is 15.7. The fourth-order valence-corrected chi connectivity index (χ4v) is 2.59. The summed E-state index contributed by atoms with van der Waals surface area (Å²) in [5, 5.41) is 2.81. The Morgan fingerprint density at radius 3 is 1.85 bits per heavy atom. The van der Waals surface area contributed by atoms with Crippen molar-refractivity contribution >= 4 is 6.03 Å². The molecule has 0 heterocycles. The quantitative estimate of drug-likeness (QED) is 0.820. The Morgan fingerprint density at radius 2 is 1.33 bits per heavy atom. The molecule has 7 heteroatoms. The second-order valence-corrected chi connectivity index (χ2v) is 6.76. The highest BCUT2D eigenvalue weighted by Crippen LogP contribution is 2.29. The van der Waals surface area contributed by atoms with Gasteiger partial charge in [-0.15, -0.1) is 0 Å². The lowest BCUT2D eigenvalue weighted by atomic mass is 10.1. The van der Waals surface area contributed by atoms with Crippen LogP contribution in [0.5, 0.6) is 0 Å². The molecule has 0 radical (unpaired) electrons. The third-order valence-corrected chi connectivity index (χ3v) is 4.01. The van der Waals surface area contributed by atoms with Gasteiger partial charge in [0, 0.05) is 26.7 Å². The number of nitrogens with zero attached hydrogens (tertiary/aromatic N) is 2. The van der Waals surface area contributed by atoms with Crippen molar-refractivity contribution in [2.45, 2.75) is 25.8 Å². The van der Waals surface area contributed by atoms with Crippen molar-refractivity contribution < 1.29 is 18.0 Å². The van der Waals surface area contributed by atoms with Gasteiger partial charge in [-0.2, -0.15) is 13.2 Å². The lowest BCUT2D eigenvalue weighted by Gasteiger charge is -2.18. The molecule has 0 aromatic heterocycles. The second-order valence-electron chi connectivity index (χ2n) is 6.76. The standard InChI is InChI=1S/C20H24F3N3O/c1-25(2)13-16-6-4-15(5-7-16)12-24-19(27)26(3)14-17-8-10-18(11-9-17)20(21,22)23/h4-11H,12-14H2,1-3H3,(H,24,27). The summed E-state index contributed by atoms with van der Waals surface area (Å²) in [6.07, 6.45) is -4.36. The molecule has 0 saturated heterocycles. The number of carbonyl (C=O) groups excluding carboxylic acids is 1. The maximum absolute atomic E-state index is 12.6. The van der Waals surface area contributed by atoms with E-state index in [0.717, 1.165) is 24.2 Å². The third kappa shape index (κ3) is 6.60. The molecule has 0 aliphatic rings. The Hall–Kier alpha value is -2.54. The predicted octanol–water partition coefficient (Wildman–Crippen LogP) is 4.11. The first-order valence-corrected chi connectivity index (χ1v) is 8.53. The molecule has 2 aromatic rings. The van der Waals surface area contributed by atoms with Crippen LogP contribution in [0.1, 0.15) is 22.3 Å². The molecular formula is C20H24F3N3O. The average Bonchev–Trinajstić information content (AvgIpc) is 2.60. The maximum Gasteiger partial charge on any atom is 0.416 e. The number of amides is 2. The Balaban J connectivity index is 1.85. The van der Waals surface area contributed by atoms with E-state index in [1.807, 2.05) is 38.4 Å². The van der Waals surface area contributed by atoms with Gasteiger partial charge in [-0.25, -0.2) is 4.79 Å². The summed E-state index contributed by atoms with van der Waals surface area (Å²) in [7, 11) is 5.61. The number of carbonyl (C=O) groups is 1. The summed E-state index contributed by atoms with van der Waals surface area (Å²) >= 11 is 0. The van der Waals surface area contributed by atoms with E-state index in [4.69, 9.17) is 0 Å². The highest BCUT2D eigenvalue weighted by molar-refractivity contribution is 5.73. The molecule has 0 aliphatic heterocycles. The van der Waals surface area contributed by atoms with Gasteiger partial charge in [0.2, 0.25) is 0 Å². The van der Waals surface area contributed by atoms with Gasteiger partial charge in [0.05, 0.1) is 5.56 Å². The van der Waals surface area contributed by atoms with Crippen molar-refractivity contribution in [2.24, 2.45) is 0 Å². The lowest BCUT2D eigenvalue weighted by molar-refractivity contribution is -0.137. The van der Waals surface area contributed by atoms with E-state index in [2.05, 4.69) is 10.2 Å². The Labute approximate surface area is 157 Å². The molecule has 0 spiro atoms. The van der Waals surface area contributed by atoms with Crippen LogP contribution in [0.25, 0.3) is 0 Å². The minimum atomic E-state index is -4.36. The summed E-state index contributed by atoms with van der Waals surface area (Å²) in [5.41, 5.74) is 2.10. The maximum atomic E-state index is 12.6. The molecule has 27 heavy (non-hydrogen) atoms. The topological polar surface area (TPSA) is 35.6 Å². The van der Waals surface area contributed by atoms with Gasteiger partial charge in [-0.3, -0.25) is 0 Å². The first-order valence-electron chi connectivity index (χ1n) is 8.53. The number of hydrogen-bond donors (Lipinski definition) is 1. The van der Waals surface area contributed by atoms with Gasteiger partial charge in [0.1, 0.15) is 0 Å². The molecule has 146 valence electrons. The Kier molecular flexibility index (Phi) is 6.85. The van der Waals surface area contributed by atoms with Crippen LogP contribution in [-0.4, -0.2) is 37.0 Å². The summed E-state index contributed by atoms with van der Waals surface area (Å²) in [4.78, 5) is 15.7. The molecule has 2 rings (SSSR count). The van der Waals surface area contributed by atoms with E-state index in [-0.39, 0.29) is 12.6 Å².